The lowest BCUT2D eigenvalue weighted by Crippen LogP contribution is -1.94. The van der Waals surface area contributed by atoms with Gasteiger partial charge in [-0.1, -0.05) is 24.3 Å². The van der Waals surface area contributed by atoms with Crippen LogP contribution in [0.2, 0.25) is 0 Å². The van der Waals surface area contributed by atoms with Gasteiger partial charge in [0.15, 0.2) is 0 Å². The van der Waals surface area contributed by atoms with Gasteiger partial charge in [-0.05, 0) is 30.0 Å². The molecule has 3 aromatic heterocycles. The Morgan fingerprint density at radius 3 is 2.90 bits per heavy atom. The fourth-order valence-corrected chi connectivity index (χ4v) is 2.68. The van der Waals surface area contributed by atoms with E-state index in [4.69, 9.17) is 0 Å². The Bertz CT molecular complexity index is 916. The summed E-state index contributed by atoms with van der Waals surface area (Å²) in [5.74, 6) is 0. The van der Waals surface area contributed by atoms with Crippen molar-refractivity contribution in [3.05, 3.63) is 66.7 Å². The van der Waals surface area contributed by atoms with Gasteiger partial charge in [0.05, 0.1) is 5.69 Å². The monoisotopic (exact) mass is 259 g/mol. The van der Waals surface area contributed by atoms with E-state index in [1.165, 1.54) is 10.9 Å². The Kier molecular flexibility index (Phi) is 2.33. The average Bonchev–Trinajstić information content (AvgIpc) is 2.94. The summed E-state index contributed by atoms with van der Waals surface area (Å²) in [5, 5.41) is 2.36. The molecule has 0 atom stereocenters. The van der Waals surface area contributed by atoms with Crippen molar-refractivity contribution in [3.8, 4) is 11.3 Å². The first kappa shape index (κ1) is 11.2. The molecule has 0 saturated carbocycles. The van der Waals surface area contributed by atoms with Crippen LogP contribution in [0.3, 0.4) is 0 Å². The van der Waals surface area contributed by atoms with E-state index >= 15 is 0 Å². The molecule has 0 aliphatic rings. The number of aryl methyl sites for hydroxylation is 1. The van der Waals surface area contributed by atoms with Crippen LogP contribution < -0.4 is 0 Å². The van der Waals surface area contributed by atoms with Crippen molar-refractivity contribution in [2.75, 3.05) is 0 Å². The van der Waals surface area contributed by atoms with Crippen molar-refractivity contribution in [3.63, 3.8) is 0 Å². The van der Waals surface area contributed by atoms with Crippen molar-refractivity contribution in [2.45, 2.75) is 6.92 Å². The van der Waals surface area contributed by atoms with Crippen LogP contribution >= 0.6 is 0 Å². The van der Waals surface area contributed by atoms with Gasteiger partial charge in [-0.2, -0.15) is 0 Å². The van der Waals surface area contributed by atoms with Gasteiger partial charge in [-0.25, -0.2) is 4.98 Å². The Morgan fingerprint density at radius 1 is 1.05 bits per heavy atom. The zero-order chi connectivity index (χ0) is 13.5. The number of aromatic nitrogens is 3. The minimum atomic E-state index is 0.966. The lowest BCUT2D eigenvalue weighted by Gasteiger charge is -2.10. The van der Waals surface area contributed by atoms with Crippen LogP contribution in [0.5, 0.6) is 0 Å². The van der Waals surface area contributed by atoms with E-state index in [0.29, 0.717) is 0 Å². The third kappa shape index (κ3) is 1.60. The second-order valence-corrected chi connectivity index (χ2v) is 4.98. The molecule has 1 aromatic carbocycles. The molecule has 0 aliphatic carbocycles. The zero-order valence-corrected chi connectivity index (χ0v) is 11.1. The molecule has 3 heterocycles. The maximum Gasteiger partial charge on any atom is 0.137 e. The maximum absolute atomic E-state index is 4.39. The van der Waals surface area contributed by atoms with Gasteiger partial charge in [0.2, 0.25) is 0 Å². The maximum atomic E-state index is 4.39. The first-order chi connectivity index (χ1) is 9.83. The SMILES string of the molecule is Cc1cc(-c2cncc3ccccc23)n2ccnc2c1. The average molecular weight is 259 g/mol. The number of pyridine rings is 2. The Balaban J connectivity index is 2.14. The summed E-state index contributed by atoms with van der Waals surface area (Å²) in [7, 11) is 0. The Hall–Kier alpha value is -2.68. The highest BCUT2D eigenvalue weighted by molar-refractivity contribution is 5.95. The van der Waals surface area contributed by atoms with Crippen molar-refractivity contribution in [1.82, 2.24) is 14.4 Å². The zero-order valence-electron chi connectivity index (χ0n) is 11.1. The second kappa shape index (κ2) is 4.17. The molecule has 0 N–H and O–H groups in total. The lowest BCUT2D eigenvalue weighted by molar-refractivity contribution is 1.17. The smallest absolute Gasteiger partial charge is 0.137 e. The van der Waals surface area contributed by atoms with E-state index < -0.39 is 0 Å². The van der Waals surface area contributed by atoms with E-state index in [-0.39, 0.29) is 0 Å². The van der Waals surface area contributed by atoms with Crippen molar-refractivity contribution in [2.24, 2.45) is 0 Å². The van der Waals surface area contributed by atoms with Crippen LogP contribution in [0.1, 0.15) is 5.56 Å². The highest BCUT2D eigenvalue weighted by Gasteiger charge is 2.09. The number of rotatable bonds is 1. The predicted octanol–water partition coefficient (Wildman–Crippen LogP) is 3.86. The molecule has 4 aromatic rings. The van der Waals surface area contributed by atoms with Crippen molar-refractivity contribution in [1.29, 1.82) is 0 Å². The van der Waals surface area contributed by atoms with Crippen LogP contribution in [0, 0.1) is 6.92 Å². The summed E-state index contributed by atoms with van der Waals surface area (Å²) in [5.41, 5.74) is 4.43. The van der Waals surface area contributed by atoms with E-state index in [1.807, 2.05) is 30.9 Å². The molecular formula is C17H13N3. The summed E-state index contributed by atoms with van der Waals surface area (Å²) in [6.45, 7) is 2.09. The molecule has 0 saturated heterocycles. The van der Waals surface area contributed by atoms with Crippen LogP contribution in [0.15, 0.2) is 61.2 Å². The van der Waals surface area contributed by atoms with Crippen LogP contribution in [0.4, 0.5) is 0 Å². The molecule has 3 nitrogen and oxygen atoms in total. The quantitative estimate of drug-likeness (QED) is 0.519. The third-order valence-corrected chi connectivity index (χ3v) is 3.59. The minimum Gasteiger partial charge on any atom is -0.300 e. The molecule has 0 amide bonds. The molecule has 96 valence electrons. The molecule has 0 aliphatic heterocycles. The summed E-state index contributed by atoms with van der Waals surface area (Å²) in [6, 6.07) is 12.6. The second-order valence-electron chi connectivity index (χ2n) is 4.98. The van der Waals surface area contributed by atoms with Crippen LogP contribution in [-0.2, 0) is 0 Å². The molecule has 3 heteroatoms. The van der Waals surface area contributed by atoms with Crippen LogP contribution in [0.25, 0.3) is 27.7 Å². The largest absolute Gasteiger partial charge is 0.300 e. The van der Waals surface area contributed by atoms with Gasteiger partial charge in [0.25, 0.3) is 0 Å². The lowest BCUT2D eigenvalue weighted by atomic mass is 10.0. The number of fused-ring (bicyclic) bond motifs is 2. The molecule has 20 heavy (non-hydrogen) atoms. The van der Waals surface area contributed by atoms with Gasteiger partial charge >= 0.3 is 0 Å². The molecular weight excluding hydrogens is 246 g/mol. The van der Waals surface area contributed by atoms with Gasteiger partial charge in [0, 0.05) is 35.7 Å². The molecule has 0 unspecified atom stereocenters. The van der Waals surface area contributed by atoms with E-state index in [0.717, 1.165) is 22.3 Å². The number of imidazole rings is 1. The Morgan fingerprint density at radius 2 is 1.95 bits per heavy atom. The van der Waals surface area contributed by atoms with Crippen molar-refractivity contribution < 1.29 is 0 Å². The normalized spacial score (nSPS) is 11.2. The summed E-state index contributed by atoms with van der Waals surface area (Å²) >= 11 is 0. The van der Waals surface area contributed by atoms with Crippen LogP contribution in [-0.4, -0.2) is 14.4 Å². The summed E-state index contributed by atoms with van der Waals surface area (Å²) in [4.78, 5) is 8.76. The first-order valence-corrected chi connectivity index (χ1v) is 6.60. The van der Waals surface area contributed by atoms with Gasteiger partial charge in [-0.15, -0.1) is 0 Å². The Labute approximate surface area is 116 Å². The number of benzene rings is 1. The fraction of sp³-hybridized carbons (Fsp3) is 0.0588. The van der Waals surface area contributed by atoms with E-state index in [9.17, 15) is 0 Å². The molecule has 0 radical (unpaired) electrons. The van der Waals surface area contributed by atoms with Gasteiger partial charge < -0.3 is 0 Å². The minimum absolute atomic E-state index is 0.966. The topological polar surface area (TPSA) is 30.2 Å². The highest BCUT2D eigenvalue weighted by atomic mass is 15.0. The fourth-order valence-electron chi connectivity index (χ4n) is 2.68. The third-order valence-electron chi connectivity index (χ3n) is 3.59. The molecule has 0 bridgehead atoms. The number of hydrogen-bond donors (Lipinski definition) is 0. The summed E-state index contributed by atoms with van der Waals surface area (Å²) < 4.78 is 2.11. The van der Waals surface area contributed by atoms with E-state index in [1.54, 1.807) is 0 Å². The van der Waals surface area contributed by atoms with Gasteiger partial charge in [0.1, 0.15) is 5.65 Å². The highest BCUT2D eigenvalue weighted by Crippen LogP contribution is 2.28. The molecule has 4 rings (SSSR count). The number of nitrogens with zero attached hydrogens (tertiary/aromatic N) is 3. The number of hydrogen-bond acceptors (Lipinski definition) is 2. The summed E-state index contributed by atoms with van der Waals surface area (Å²) in [6.07, 6.45) is 7.65. The predicted molar refractivity (Wildman–Crippen MR) is 80.7 cm³/mol. The van der Waals surface area contributed by atoms with Crippen molar-refractivity contribution >= 4 is 16.4 Å². The molecule has 0 fully saturated rings. The standard InChI is InChI=1S/C17H13N3/c1-12-8-16(20-7-6-19-17(20)9-12)15-11-18-10-13-4-2-3-5-14(13)15/h2-11H,1H3. The van der Waals surface area contributed by atoms with Gasteiger partial charge in [-0.3, -0.25) is 9.38 Å². The molecule has 0 spiro atoms. The first-order valence-electron chi connectivity index (χ1n) is 6.60. The van der Waals surface area contributed by atoms with E-state index in [2.05, 4.69) is 51.6 Å².